The van der Waals surface area contributed by atoms with Crippen LogP contribution in [0.4, 0.5) is 24.5 Å². The molecule has 0 unspecified atom stereocenters. The number of nitrogens with one attached hydrogen (secondary N) is 1. The number of hydrogen-bond acceptors (Lipinski definition) is 3. The van der Waals surface area contributed by atoms with Gasteiger partial charge in [0.15, 0.2) is 11.6 Å². The minimum absolute atomic E-state index is 0.210. The Hall–Kier alpha value is -3.09. The van der Waals surface area contributed by atoms with Crippen molar-refractivity contribution < 1.29 is 23.1 Å². The molecule has 4 nitrogen and oxygen atoms in total. The summed E-state index contributed by atoms with van der Waals surface area (Å²) in [4.78, 5) is 15.5. The minimum Gasteiger partial charge on any atom is -0.481 e. The number of halogens is 3. The molecule has 25 heavy (non-hydrogen) atoms. The molecule has 0 bridgehead atoms. The highest BCUT2D eigenvalue weighted by Crippen LogP contribution is 2.32. The molecular formula is C18H13F3N2O2. The van der Waals surface area contributed by atoms with Crippen molar-refractivity contribution in [3.63, 3.8) is 0 Å². The Bertz CT molecular complexity index is 990. The molecular weight excluding hydrogens is 333 g/mol. The fourth-order valence-electron chi connectivity index (χ4n) is 2.63. The molecule has 0 aliphatic carbocycles. The third-order valence-corrected chi connectivity index (χ3v) is 3.77. The van der Waals surface area contributed by atoms with Gasteiger partial charge in [-0.05, 0) is 37.3 Å². The maximum absolute atomic E-state index is 13.7. The van der Waals surface area contributed by atoms with Crippen LogP contribution in [0.15, 0.2) is 36.4 Å². The van der Waals surface area contributed by atoms with Crippen LogP contribution >= 0.6 is 0 Å². The van der Waals surface area contributed by atoms with E-state index in [1.165, 1.54) is 24.3 Å². The van der Waals surface area contributed by atoms with Gasteiger partial charge in [0.05, 0.1) is 17.6 Å². The van der Waals surface area contributed by atoms with Gasteiger partial charge in [0.25, 0.3) is 0 Å². The molecule has 3 aromatic rings. The number of nitrogens with zero attached hydrogens (tertiary/aromatic N) is 1. The molecule has 2 N–H and O–H groups in total. The van der Waals surface area contributed by atoms with E-state index in [1.807, 2.05) is 0 Å². The molecule has 1 heterocycles. The summed E-state index contributed by atoms with van der Waals surface area (Å²) in [5.74, 6) is -3.66. The number of carboxylic acid groups (broad SMARTS) is 1. The number of hydrogen-bond donors (Lipinski definition) is 2. The fourth-order valence-corrected chi connectivity index (χ4v) is 2.63. The molecule has 0 aliphatic heterocycles. The molecule has 0 atom stereocenters. The molecule has 0 amide bonds. The number of anilines is 2. The van der Waals surface area contributed by atoms with E-state index in [9.17, 15) is 18.0 Å². The number of aliphatic carboxylic acids is 1. The first-order valence-corrected chi connectivity index (χ1v) is 7.38. The van der Waals surface area contributed by atoms with Crippen LogP contribution in [0.2, 0.25) is 0 Å². The van der Waals surface area contributed by atoms with Gasteiger partial charge in [-0.3, -0.25) is 9.78 Å². The summed E-state index contributed by atoms with van der Waals surface area (Å²) in [6, 6.07) is 7.14. The van der Waals surface area contributed by atoms with Crippen LogP contribution in [0.1, 0.15) is 11.3 Å². The number of aryl methyl sites for hydroxylation is 1. The third-order valence-electron chi connectivity index (χ3n) is 3.77. The lowest BCUT2D eigenvalue weighted by Gasteiger charge is -2.16. The molecule has 7 heteroatoms. The molecule has 128 valence electrons. The second-order valence-corrected chi connectivity index (χ2v) is 5.54. The van der Waals surface area contributed by atoms with Crippen molar-refractivity contribution in [3.8, 4) is 0 Å². The number of rotatable bonds is 4. The van der Waals surface area contributed by atoms with Crippen LogP contribution in [0.5, 0.6) is 0 Å². The monoisotopic (exact) mass is 346 g/mol. The number of pyridine rings is 1. The highest BCUT2D eigenvalue weighted by atomic mass is 19.2. The first kappa shape index (κ1) is 16.8. The third kappa shape index (κ3) is 3.40. The van der Waals surface area contributed by atoms with Gasteiger partial charge in [-0.2, -0.15) is 0 Å². The van der Waals surface area contributed by atoms with Crippen molar-refractivity contribution in [2.75, 3.05) is 5.32 Å². The van der Waals surface area contributed by atoms with E-state index >= 15 is 0 Å². The van der Waals surface area contributed by atoms with Crippen LogP contribution < -0.4 is 5.32 Å². The van der Waals surface area contributed by atoms with E-state index in [0.717, 1.165) is 12.1 Å². The topological polar surface area (TPSA) is 62.2 Å². The van der Waals surface area contributed by atoms with E-state index < -0.39 is 23.4 Å². The quantitative estimate of drug-likeness (QED) is 0.738. The maximum atomic E-state index is 13.7. The van der Waals surface area contributed by atoms with E-state index in [4.69, 9.17) is 5.11 Å². The van der Waals surface area contributed by atoms with Crippen LogP contribution in [0.3, 0.4) is 0 Å². The van der Waals surface area contributed by atoms with E-state index in [-0.39, 0.29) is 12.1 Å². The van der Waals surface area contributed by atoms with Crippen LogP contribution in [0, 0.1) is 24.4 Å². The minimum atomic E-state index is -1.09. The Kier molecular flexibility index (Phi) is 4.31. The predicted molar refractivity (Wildman–Crippen MR) is 87.4 cm³/mol. The maximum Gasteiger partial charge on any atom is 0.307 e. The van der Waals surface area contributed by atoms with Gasteiger partial charge in [-0.25, -0.2) is 13.2 Å². The summed E-state index contributed by atoms with van der Waals surface area (Å²) in [5, 5.41) is 12.4. The van der Waals surface area contributed by atoms with Crippen molar-refractivity contribution >= 4 is 28.2 Å². The molecule has 0 fully saturated rings. The van der Waals surface area contributed by atoms with E-state index in [2.05, 4.69) is 10.3 Å². The first-order valence-electron chi connectivity index (χ1n) is 7.38. The van der Waals surface area contributed by atoms with Gasteiger partial charge < -0.3 is 10.4 Å². The summed E-state index contributed by atoms with van der Waals surface area (Å²) in [6.45, 7) is 1.64. The van der Waals surface area contributed by atoms with Gasteiger partial charge in [0.2, 0.25) is 0 Å². The lowest BCUT2D eigenvalue weighted by atomic mass is 10.0. The normalized spacial score (nSPS) is 10.9. The Morgan fingerprint density at radius 1 is 1.12 bits per heavy atom. The second-order valence-electron chi connectivity index (χ2n) is 5.54. The van der Waals surface area contributed by atoms with Gasteiger partial charge in [0.1, 0.15) is 5.82 Å². The number of aromatic nitrogens is 1. The SMILES string of the molecule is Cc1nc2ccc(F)cc2c(Nc2ccc(F)c(F)c2)c1CC(=O)O. The summed E-state index contributed by atoms with van der Waals surface area (Å²) < 4.78 is 40.3. The number of carbonyl (C=O) groups is 1. The average Bonchev–Trinajstić information content (AvgIpc) is 2.54. The summed E-state index contributed by atoms with van der Waals surface area (Å²) >= 11 is 0. The van der Waals surface area contributed by atoms with Crippen molar-refractivity contribution in [3.05, 3.63) is 65.1 Å². The van der Waals surface area contributed by atoms with Crippen molar-refractivity contribution in [2.45, 2.75) is 13.3 Å². The smallest absolute Gasteiger partial charge is 0.307 e. The Morgan fingerprint density at radius 3 is 2.56 bits per heavy atom. The summed E-state index contributed by atoms with van der Waals surface area (Å²) in [7, 11) is 0. The molecule has 0 saturated carbocycles. The van der Waals surface area contributed by atoms with Gasteiger partial charge in [0, 0.05) is 28.4 Å². The molecule has 3 rings (SSSR count). The molecule has 0 spiro atoms. The first-order chi connectivity index (χ1) is 11.8. The van der Waals surface area contributed by atoms with Crippen LogP contribution in [0.25, 0.3) is 10.9 Å². The zero-order valence-electron chi connectivity index (χ0n) is 13.1. The Labute approximate surface area is 140 Å². The van der Waals surface area contributed by atoms with Crippen molar-refractivity contribution in [1.29, 1.82) is 0 Å². The number of benzene rings is 2. The Balaban J connectivity index is 2.22. The van der Waals surface area contributed by atoms with E-state index in [1.54, 1.807) is 6.92 Å². The largest absolute Gasteiger partial charge is 0.481 e. The molecule has 0 saturated heterocycles. The molecule has 0 radical (unpaired) electrons. The summed E-state index contributed by atoms with van der Waals surface area (Å²) in [5.41, 5.74) is 1.76. The lowest BCUT2D eigenvalue weighted by molar-refractivity contribution is -0.136. The summed E-state index contributed by atoms with van der Waals surface area (Å²) in [6.07, 6.45) is -0.350. The van der Waals surface area contributed by atoms with Gasteiger partial charge in [-0.15, -0.1) is 0 Å². The zero-order chi connectivity index (χ0) is 18.1. The van der Waals surface area contributed by atoms with Gasteiger partial charge >= 0.3 is 5.97 Å². The predicted octanol–water partition coefficient (Wildman–Crippen LogP) is 4.33. The Morgan fingerprint density at radius 2 is 1.88 bits per heavy atom. The zero-order valence-corrected chi connectivity index (χ0v) is 13.1. The van der Waals surface area contributed by atoms with E-state index in [0.29, 0.717) is 27.8 Å². The lowest BCUT2D eigenvalue weighted by Crippen LogP contribution is -2.08. The van der Waals surface area contributed by atoms with Crippen LogP contribution in [-0.2, 0) is 11.2 Å². The highest BCUT2D eigenvalue weighted by molar-refractivity contribution is 5.96. The molecule has 2 aromatic carbocycles. The fraction of sp³-hybridized carbons (Fsp3) is 0.111. The van der Waals surface area contributed by atoms with Crippen LogP contribution in [-0.4, -0.2) is 16.1 Å². The highest BCUT2D eigenvalue weighted by Gasteiger charge is 2.17. The van der Waals surface area contributed by atoms with Crippen molar-refractivity contribution in [1.82, 2.24) is 4.98 Å². The van der Waals surface area contributed by atoms with Crippen molar-refractivity contribution in [2.24, 2.45) is 0 Å². The average molecular weight is 346 g/mol. The van der Waals surface area contributed by atoms with Gasteiger partial charge in [-0.1, -0.05) is 0 Å². The standard InChI is InChI=1S/C18H13F3N2O2/c1-9-12(8-17(24)25)18(13-6-10(19)2-5-16(13)22-9)23-11-3-4-14(20)15(21)7-11/h2-7H,8H2,1H3,(H,22,23)(H,24,25). The number of carboxylic acids is 1. The number of fused-ring (bicyclic) bond motifs is 1. The molecule has 0 aliphatic rings. The molecule has 1 aromatic heterocycles. The second kappa shape index (κ2) is 6.43.